The van der Waals surface area contributed by atoms with Gasteiger partial charge in [-0.2, -0.15) is 0 Å². The molecule has 0 spiro atoms. The molecule has 1 radical (unpaired) electrons. The van der Waals surface area contributed by atoms with Crippen molar-refractivity contribution in [3.63, 3.8) is 0 Å². The first kappa shape index (κ1) is 4.71. The Morgan fingerprint density at radius 1 is 1.86 bits per heavy atom. The Labute approximate surface area is 46.3 Å². The predicted molar refractivity (Wildman–Crippen MR) is 29.8 cm³/mol. The molecule has 1 heterocycles. The van der Waals surface area contributed by atoms with Crippen molar-refractivity contribution in [2.75, 3.05) is 0 Å². The molecule has 0 amide bonds. The van der Waals surface area contributed by atoms with E-state index in [-0.39, 0.29) is 0 Å². The summed E-state index contributed by atoms with van der Waals surface area (Å²) >= 11 is 1.41. The van der Waals surface area contributed by atoms with Crippen molar-refractivity contribution in [3.05, 3.63) is 18.8 Å². The predicted octanol–water partition coefficient (Wildman–Crippen LogP) is 1.29. The summed E-state index contributed by atoms with van der Waals surface area (Å²) in [5.41, 5.74) is 0. The second kappa shape index (κ2) is 2.02. The van der Waals surface area contributed by atoms with Crippen LogP contribution in [0.25, 0.3) is 0 Å². The molecule has 1 aromatic heterocycles. The van der Waals surface area contributed by atoms with Crippen molar-refractivity contribution >= 4 is 11.8 Å². The van der Waals surface area contributed by atoms with Crippen LogP contribution >= 0.6 is 11.8 Å². The van der Waals surface area contributed by atoms with Crippen molar-refractivity contribution in [1.82, 2.24) is 9.97 Å². The molecule has 0 saturated carbocycles. The molecule has 0 aliphatic rings. The van der Waals surface area contributed by atoms with Gasteiger partial charge < -0.3 is 4.98 Å². The van der Waals surface area contributed by atoms with Crippen molar-refractivity contribution < 1.29 is 0 Å². The largest absolute Gasteiger partial charge is 0.340 e. The van der Waals surface area contributed by atoms with Gasteiger partial charge in [0.1, 0.15) is 0 Å². The van der Waals surface area contributed by atoms with Crippen molar-refractivity contribution in [2.24, 2.45) is 0 Å². The Morgan fingerprint density at radius 2 is 2.71 bits per heavy atom. The molecule has 0 atom stereocenters. The fourth-order valence-electron chi connectivity index (χ4n) is 0.322. The van der Waals surface area contributed by atoms with Crippen molar-refractivity contribution in [2.45, 2.75) is 5.03 Å². The van der Waals surface area contributed by atoms with Crippen molar-refractivity contribution in [1.29, 1.82) is 0 Å². The van der Waals surface area contributed by atoms with Gasteiger partial charge in [0.2, 0.25) is 0 Å². The molecule has 0 aromatic carbocycles. The van der Waals surface area contributed by atoms with E-state index in [2.05, 4.69) is 16.2 Å². The molecule has 1 N–H and O–H groups in total. The number of nitrogens with zero attached hydrogens (tertiary/aromatic N) is 1. The van der Waals surface area contributed by atoms with E-state index in [9.17, 15) is 0 Å². The van der Waals surface area contributed by atoms with E-state index < -0.39 is 0 Å². The number of hydrogen-bond donors (Lipinski definition) is 1. The summed E-state index contributed by atoms with van der Waals surface area (Å²) < 4.78 is 0. The second-order valence-electron chi connectivity index (χ2n) is 1.06. The number of imidazole rings is 1. The van der Waals surface area contributed by atoms with Crippen LogP contribution in [-0.2, 0) is 0 Å². The maximum Gasteiger partial charge on any atom is 0.0928 e. The molecule has 7 heavy (non-hydrogen) atoms. The van der Waals surface area contributed by atoms with Gasteiger partial charge in [-0.25, -0.2) is 4.98 Å². The van der Waals surface area contributed by atoms with Crippen LogP contribution in [0.15, 0.2) is 17.6 Å². The molecule has 3 heteroatoms. The number of hydrogen-bond acceptors (Lipinski definition) is 2. The summed E-state index contributed by atoms with van der Waals surface area (Å²) in [6.07, 6.45) is 6.94. The average Bonchev–Trinajstić information content (AvgIpc) is 2.14. The van der Waals surface area contributed by atoms with Gasteiger partial charge >= 0.3 is 0 Å². The Kier molecular flexibility index (Phi) is 1.36. The third-order valence-corrected chi connectivity index (χ3v) is 1.16. The number of rotatable bonds is 1. The summed E-state index contributed by atoms with van der Waals surface area (Å²) in [5.74, 6) is 0. The highest BCUT2D eigenvalue weighted by atomic mass is 32.2. The Hall–Kier alpha value is -0.440. The van der Waals surface area contributed by atoms with Gasteiger partial charge in [0.05, 0.1) is 17.6 Å². The van der Waals surface area contributed by atoms with Crippen LogP contribution in [0.1, 0.15) is 0 Å². The summed E-state index contributed by atoms with van der Waals surface area (Å²) in [4.78, 5) is 6.65. The normalized spacial score (nSPS) is 9.29. The zero-order chi connectivity index (χ0) is 5.11. The summed E-state index contributed by atoms with van der Waals surface area (Å²) in [6, 6.07) is 0. The fourth-order valence-corrected chi connectivity index (χ4v) is 0.593. The second-order valence-corrected chi connectivity index (χ2v) is 1.79. The summed E-state index contributed by atoms with van der Waals surface area (Å²) in [6.45, 7) is 0. The molecule has 2 nitrogen and oxygen atoms in total. The molecule has 0 unspecified atom stereocenters. The standard InChI is InChI=1S/C4H5N2S/c1-7-4-2-5-3-6-4/h2-3H,1H2,(H,5,6). The van der Waals surface area contributed by atoms with Gasteiger partial charge in [-0.05, 0) is 0 Å². The van der Waals surface area contributed by atoms with Crippen LogP contribution in [0.3, 0.4) is 0 Å². The molecule has 0 aliphatic heterocycles. The van der Waals surface area contributed by atoms with Crippen LogP contribution in [0.2, 0.25) is 0 Å². The Bertz CT molecular complexity index is 124. The lowest BCUT2D eigenvalue weighted by atomic mass is 11.0. The van der Waals surface area contributed by atoms with Gasteiger partial charge in [0.25, 0.3) is 0 Å². The highest BCUT2D eigenvalue weighted by Gasteiger charge is 1.83. The van der Waals surface area contributed by atoms with E-state index in [4.69, 9.17) is 0 Å². The summed E-state index contributed by atoms with van der Waals surface area (Å²) in [5, 5.41) is 1.00. The van der Waals surface area contributed by atoms with Crippen LogP contribution in [0.5, 0.6) is 0 Å². The molecule has 1 aromatic rings. The zero-order valence-corrected chi connectivity index (χ0v) is 4.53. The fraction of sp³-hybridized carbons (Fsp3) is 0. The highest BCUT2D eigenvalue weighted by Crippen LogP contribution is 2.08. The molecular weight excluding hydrogens is 108 g/mol. The number of aromatic amines is 1. The average molecular weight is 113 g/mol. The molecule has 0 fully saturated rings. The van der Waals surface area contributed by atoms with Crippen LogP contribution in [0.4, 0.5) is 0 Å². The maximum atomic E-state index is 3.78. The minimum atomic E-state index is 1.00. The third kappa shape index (κ3) is 0.962. The quantitative estimate of drug-likeness (QED) is 0.556. The van der Waals surface area contributed by atoms with E-state index in [0.29, 0.717) is 0 Å². The monoisotopic (exact) mass is 113 g/mol. The molecule has 0 bridgehead atoms. The molecular formula is C4H5N2S. The number of nitrogens with one attached hydrogen (secondary N) is 1. The van der Waals surface area contributed by atoms with E-state index >= 15 is 0 Å². The van der Waals surface area contributed by atoms with E-state index in [1.807, 2.05) is 0 Å². The lowest BCUT2D eigenvalue weighted by Gasteiger charge is -1.78. The Balaban J connectivity index is 2.76. The van der Waals surface area contributed by atoms with Crippen LogP contribution in [-0.4, -0.2) is 9.97 Å². The smallest absolute Gasteiger partial charge is 0.0928 e. The van der Waals surface area contributed by atoms with Gasteiger partial charge in [-0.1, -0.05) is 0 Å². The number of H-pyrrole nitrogens is 1. The molecule has 0 aliphatic carbocycles. The summed E-state index contributed by atoms with van der Waals surface area (Å²) in [7, 11) is 0. The highest BCUT2D eigenvalue weighted by molar-refractivity contribution is 8.00. The molecule has 1 rings (SSSR count). The van der Waals surface area contributed by atoms with Crippen LogP contribution < -0.4 is 0 Å². The van der Waals surface area contributed by atoms with E-state index in [1.165, 1.54) is 11.8 Å². The molecule has 0 saturated heterocycles. The van der Waals surface area contributed by atoms with Gasteiger partial charge in [-0.3, -0.25) is 0 Å². The first-order chi connectivity index (χ1) is 3.43. The maximum absolute atomic E-state index is 3.78. The first-order valence-electron chi connectivity index (χ1n) is 1.84. The first-order valence-corrected chi connectivity index (χ1v) is 2.82. The minimum Gasteiger partial charge on any atom is -0.340 e. The van der Waals surface area contributed by atoms with E-state index in [1.54, 1.807) is 12.5 Å². The topological polar surface area (TPSA) is 28.7 Å². The van der Waals surface area contributed by atoms with Gasteiger partial charge in [0, 0.05) is 6.26 Å². The minimum absolute atomic E-state index is 1.00. The van der Waals surface area contributed by atoms with E-state index in [0.717, 1.165) is 5.03 Å². The molecule has 37 valence electrons. The lowest BCUT2D eigenvalue weighted by molar-refractivity contribution is 1.21. The third-order valence-electron chi connectivity index (χ3n) is 0.629. The van der Waals surface area contributed by atoms with Crippen LogP contribution in [0, 0.1) is 6.26 Å². The SMILES string of the molecule is [CH2]Sc1cnc[nH]1. The van der Waals surface area contributed by atoms with Gasteiger partial charge in [0.15, 0.2) is 0 Å². The Morgan fingerprint density at radius 3 is 3.00 bits per heavy atom. The number of aromatic nitrogens is 2. The lowest BCUT2D eigenvalue weighted by Crippen LogP contribution is -1.58. The zero-order valence-electron chi connectivity index (χ0n) is 3.72. The van der Waals surface area contributed by atoms with Crippen molar-refractivity contribution in [3.8, 4) is 0 Å². The van der Waals surface area contributed by atoms with Gasteiger partial charge in [-0.15, -0.1) is 11.8 Å². The number of thioether (sulfide) groups is 1.